The third-order valence-electron chi connectivity index (χ3n) is 5.41. The van der Waals surface area contributed by atoms with Gasteiger partial charge in [0, 0.05) is 23.1 Å². The van der Waals surface area contributed by atoms with Gasteiger partial charge in [0.2, 0.25) is 0 Å². The van der Waals surface area contributed by atoms with Gasteiger partial charge in [-0.25, -0.2) is 0 Å². The first-order chi connectivity index (χ1) is 15.2. The van der Waals surface area contributed by atoms with E-state index in [4.69, 9.17) is 11.6 Å². The Kier molecular flexibility index (Phi) is 5.85. The van der Waals surface area contributed by atoms with Crippen molar-refractivity contribution in [2.24, 2.45) is 0 Å². The molecule has 162 valence electrons. The quantitative estimate of drug-likeness (QED) is 0.532. The monoisotopic (exact) mass is 445 g/mol. The van der Waals surface area contributed by atoms with Gasteiger partial charge in [0.1, 0.15) is 5.70 Å². The van der Waals surface area contributed by atoms with Crippen molar-refractivity contribution in [1.29, 1.82) is 0 Å². The van der Waals surface area contributed by atoms with Crippen LogP contribution < -0.4 is 5.32 Å². The van der Waals surface area contributed by atoms with Crippen molar-refractivity contribution < 1.29 is 9.59 Å². The van der Waals surface area contributed by atoms with Gasteiger partial charge in [0.05, 0.1) is 12.1 Å². The van der Waals surface area contributed by atoms with E-state index < -0.39 is 0 Å². The van der Waals surface area contributed by atoms with Crippen molar-refractivity contribution in [3.05, 3.63) is 100 Å². The van der Waals surface area contributed by atoms with Crippen LogP contribution in [0.4, 0.5) is 5.69 Å². The molecule has 0 aliphatic carbocycles. The summed E-state index contributed by atoms with van der Waals surface area (Å²) in [5.74, 6) is -0.709. The number of rotatable bonds is 5. The maximum Gasteiger partial charge on any atom is 0.278 e. The lowest BCUT2D eigenvalue weighted by atomic mass is 9.87. The fourth-order valence-corrected chi connectivity index (χ4v) is 3.71. The number of pyridine rings is 1. The van der Waals surface area contributed by atoms with Crippen molar-refractivity contribution in [2.45, 2.75) is 32.7 Å². The highest BCUT2D eigenvalue weighted by atomic mass is 35.5. The van der Waals surface area contributed by atoms with Gasteiger partial charge in [0.25, 0.3) is 11.8 Å². The largest absolute Gasteiger partial charge is 0.350 e. The molecule has 0 fully saturated rings. The number of anilines is 1. The second kappa shape index (κ2) is 8.60. The van der Waals surface area contributed by atoms with Crippen LogP contribution in [0, 0.1) is 0 Å². The Morgan fingerprint density at radius 3 is 2.09 bits per heavy atom. The molecule has 0 saturated carbocycles. The number of hydrogen-bond acceptors (Lipinski definition) is 4. The summed E-state index contributed by atoms with van der Waals surface area (Å²) in [5, 5.41) is 3.76. The molecule has 0 radical (unpaired) electrons. The molecule has 2 heterocycles. The molecule has 6 heteroatoms. The molecule has 5 nitrogen and oxygen atoms in total. The minimum atomic E-state index is -0.364. The fourth-order valence-electron chi connectivity index (χ4n) is 3.59. The Morgan fingerprint density at radius 2 is 1.50 bits per heavy atom. The Labute approximate surface area is 192 Å². The first-order valence-electron chi connectivity index (χ1n) is 10.4. The summed E-state index contributed by atoms with van der Waals surface area (Å²) in [6, 6.07) is 18.4. The molecule has 3 aromatic rings. The number of carbonyl (C=O) groups is 2. The Morgan fingerprint density at radius 1 is 0.875 bits per heavy atom. The number of halogens is 1. The Balaban J connectivity index is 1.71. The van der Waals surface area contributed by atoms with Gasteiger partial charge in [0.15, 0.2) is 0 Å². The lowest BCUT2D eigenvalue weighted by molar-refractivity contribution is -0.137. The van der Waals surface area contributed by atoms with Crippen LogP contribution in [0.2, 0.25) is 5.02 Å². The van der Waals surface area contributed by atoms with Gasteiger partial charge in [-0.3, -0.25) is 19.5 Å². The summed E-state index contributed by atoms with van der Waals surface area (Å²) in [7, 11) is 0. The van der Waals surface area contributed by atoms with Crippen LogP contribution in [-0.4, -0.2) is 21.7 Å². The predicted octanol–water partition coefficient (Wildman–Crippen LogP) is 5.42. The number of nitrogens with zero attached hydrogens (tertiary/aromatic N) is 2. The first kappa shape index (κ1) is 21.8. The van der Waals surface area contributed by atoms with Crippen LogP contribution in [0.3, 0.4) is 0 Å². The van der Waals surface area contributed by atoms with Gasteiger partial charge >= 0.3 is 0 Å². The van der Waals surface area contributed by atoms with E-state index >= 15 is 0 Å². The van der Waals surface area contributed by atoms with Crippen molar-refractivity contribution in [3.63, 3.8) is 0 Å². The molecule has 2 amide bonds. The molecular weight excluding hydrogens is 422 g/mol. The van der Waals surface area contributed by atoms with E-state index in [0.29, 0.717) is 16.2 Å². The molecule has 1 aliphatic rings. The normalized spacial score (nSPS) is 14.3. The van der Waals surface area contributed by atoms with E-state index in [0.717, 1.165) is 11.3 Å². The number of aromatic nitrogens is 1. The predicted molar refractivity (Wildman–Crippen MR) is 127 cm³/mol. The molecule has 0 bridgehead atoms. The number of hydrogen-bond donors (Lipinski definition) is 1. The summed E-state index contributed by atoms with van der Waals surface area (Å²) in [5.41, 5.74) is 4.00. The molecule has 1 N–H and O–H groups in total. The standard InChI is InChI=1S/C26H24ClN3O2/c1-26(2,3)19-6-10-21(11-7-19)29-23-22(18-4-8-20(27)9-5-18)24(31)30(25(23)32)16-17-12-14-28-15-13-17/h4-15,29H,16H2,1-3H3. The Bertz CT molecular complexity index is 1180. The number of amides is 2. The second-order valence-corrected chi connectivity index (χ2v) is 9.20. The van der Waals surface area contributed by atoms with Gasteiger partial charge in [-0.15, -0.1) is 0 Å². The second-order valence-electron chi connectivity index (χ2n) is 8.76. The van der Waals surface area contributed by atoms with E-state index in [-0.39, 0.29) is 29.5 Å². The van der Waals surface area contributed by atoms with Crippen molar-refractivity contribution in [2.75, 3.05) is 5.32 Å². The molecule has 4 rings (SSSR count). The van der Waals surface area contributed by atoms with Crippen molar-refractivity contribution >= 4 is 34.7 Å². The highest BCUT2D eigenvalue weighted by Gasteiger charge is 2.39. The Hall–Kier alpha value is -3.44. The average Bonchev–Trinajstić information content (AvgIpc) is 2.99. The number of nitrogens with one attached hydrogen (secondary N) is 1. The number of carbonyl (C=O) groups excluding carboxylic acids is 2. The van der Waals surface area contributed by atoms with Crippen LogP contribution in [-0.2, 0) is 21.5 Å². The molecule has 0 unspecified atom stereocenters. The summed E-state index contributed by atoms with van der Waals surface area (Å²) >= 11 is 6.04. The van der Waals surface area contributed by atoms with Crippen LogP contribution in [0.15, 0.2) is 78.8 Å². The van der Waals surface area contributed by atoms with Crippen molar-refractivity contribution in [1.82, 2.24) is 9.88 Å². The SMILES string of the molecule is CC(C)(C)c1ccc(NC2=C(c3ccc(Cl)cc3)C(=O)N(Cc3ccncc3)C2=O)cc1. The summed E-state index contributed by atoms with van der Waals surface area (Å²) in [6.07, 6.45) is 3.29. The zero-order chi connectivity index (χ0) is 22.9. The molecule has 1 aliphatic heterocycles. The molecule has 32 heavy (non-hydrogen) atoms. The summed E-state index contributed by atoms with van der Waals surface area (Å²) in [6.45, 7) is 6.61. The van der Waals surface area contributed by atoms with Gasteiger partial charge < -0.3 is 5.32 Å². The van der Waals surface area contributed by atoms with Gasteiger partial charge in [-0.1, -0.05) is 56.6 Å². The maximum absolute atomic E-state index is 13.4. The zero-order valence-electron chi connectivity index (χ0n) is 18.2. The summed E-state index contributed by atoms with van der Waals surface area (Å²) in [4.78, 5) is 32.0. The van der Waals surface area contributed by atoms with Crippen LogP contribution in [0.5, 0.6) is 0 Å². The van der Waals surface area contributed by atoms with E-state index in [2.05, 4.69) is 31.1 Å². The molecule has 1 aromatic heterocycles. The molecule has 0 atom stereocenters. The molecule has 0 saturated heterocycles. The van der Waals surface area contributed by atoms with E-state index in [1.54, 1.807) is 48.8 Å². The lowest BCUT2D eigenvalue weighted by Crippen LogP contribution is -2.32. The topological polar surface area (TPSA) is 62.3 Å². The third kappa shape index (κ3) is 4.43. The average molecular weight is 446 g/mol. The van der Waals surface area contributed by atoms with Crippen molar-refractivity contribution in [3.8, 4) is 0 Å². The fraction of sp³-hybridized carbons (Fsp3) is 0.192. The van der Waals surface area contributed by atoms with Gasteiger partial charge in [-0.05, 0) is 58.5 Å². The minimum Gasteiger partial charge on any atom is -0.350 e. The molecule has 2 aromatic carbocycles. The highest BCUT2D eigenvalue weighted by molar-refractivity contribution is 6.36. The highest BCUT2D eigenvalue weighted by Crippen LogP contribution is 2.32. The van der Waals surface area contributed by atoms with Crippen LogP contribution >= 0.6 is 11.6 Å². The molecular formula is C26H24ClN3O2. The third-order valence-corrected chi connectivity index (χ3v) is 5.66. The van der Waals surface area contributed by atoms with E-state index in [9.17, 15) is 9.59 Å². The first-order valence-corrected chi connectivity index (χ1v) is 10.7. The van der Waals surface area contributed by atoms with Crippen LogP contribution in [0.1, 0.15) is 37.5 Å². The summed E-state index contributed by atoms with van der Waals surface area (Å²) < 4.78 is 0. The maximum atomic E-state index is 13.4. The lowest BCUT2D eigenvalue weighted by Gasteiger charge is -2.19. The van der Waals surface area contributed by atoms with E-state index in [1.165, 1.54) is 10.5 Å². The van der Waals surface area contributed by atoms with Gasteiger partial charge in [-0.2, -0.15) is 0 Å². The minimum absolute atomic E-state index is 0.0206. The number of imide groups is 1. The number of benzene rings is 2. The van der Waals surface area contributed by atoms with Crippen LogP contribution in [0.25, 0.3) is 5.57 Å². The zero-order valence-corrected chi connectivity index (χ0v) is 19.0. The molecule has 0 spiro atoms. The van der Waals surface area contributed by atoms with E-state index in [1.807, 2.05) is 24.3 Å². The smallest absolute Gasteiger partial charge is 0.278 e.